The van der Waals surface area contributed by atoms with E-state index in [0.717, 1.165) is 37.4 Å². The molecule has 3 aromatic carbocycles. The summed E-state index contributed by atoms with van der Waals surface area (Å²) in [4.78, 5) is 30.1. The van der Waals surface area contributed by atoms with Crippen LogP contribution in [-0.4, -0.2) is 62.5 Å². The van der Waals surface area contributed by atoms with Crippen LogP contribution in [0, 0.1) is 10.1 Å². The van der Waals surface area contributed by atoms with E-state index < -0.39 is 4.92 Å². The molecule has 182 valence electrons. The summed E-state index contributed by atoms with van der Waals surface area (Å²) in [6.45, 7) is 4.02. The number of hydrogen-bond acceptors (Lipinski definition) is 6. The summed E-state index contributed by atoms with van der Waals surface area (Å²) in [5, 5.41) is 14.0. The Morgan fingerprint density at radius 2 is 1.57 bits per heavy atom. The van der Waals surface area contributed by atoms with Crippen LogP contribution < -0.4 is 15.1 Å². The second-order valence-electron chi connectivity index (χ2n) is 8.87. The monoisotopic (exact) mass is 473 g/mol. The Morgan fingerprint density at radius 1 is 0.943 bits per heavy atom. The highest BCUT2D eigenvalue weighted by molar-refractivity contribution is 5.94. The number of non-ortho nitro benzene ring substituents is 1. The van der Waals surface area contributed by atoms with E-state index in [4.69, 9.17) is 0 Å². The highest BCUT2D eigenvalue weighted by atomic mass is 16.6. The number of benzene rings is 3. The zero-order chi connectivity index (χ0) is 24.8. The zero-order valence-electron chi connectivity index (χ0n) is 20.1. The van der Waals surface area contributed by atoms with Crippen molar-refractivity contribution in [1.82, 2.24) is 10.2 Å². The molecule has 8 nitrogen and oxygen atoms in total. The van der Waals surface area contributed by atoms with Gasteiger partial charge in [0.1, 0.15) is 0 Å². The van der Waals surface area contributed by atoms with Gasteiger partial charge >= 0.3 is 0 Å². The van der Waals surface area contributed by atoms with Gasteiger partial charge in [0.05, 0.1) is 11.0 Å². The molecule has 8 heteroatoms. The Balaban J connectivity index is 1.47. The fraction of sp³-hybridized carbons (Fsp3) is 0.296. The Hall–Kier alpha value is -3.91. The van der Waals surface area contributed by atoms with Crippen LogP contribution in [0.4, 0.5) is 17.1 Å². The van der Waals surface area contributed by atoms with Crippen molar-refractivity contribution in [2.75, 3.05) is 56.6 Å². The predicted molar refractivity (Wildman–Crippen MR) is 139 cm³/mol. The smallest absolute Gasteiger partial charge is 0.269 e. The molecule has 1 aliphatic rings. The Morgan fingerprint density at radius 3 is 2.14 bits per heavy atom. The van der Waals surface area contributed by atoms with Crippen molar-refractivity contribution in [2.45, 2.75) is 6.04 Å². The van der Waals surface area contributed by atoms with Crippen molar-refractivity contribution in [3.05, 3.63) is 100 Å². The number of para-hydroxylation sites is 1. The van der Waals surface area contributed by atoms with Gasteiger partial charge in [0.2, 0.25) is 0 Å². The van der Waals surface area contributed by atoms with Crippen molar-refractivity contribution >= 4 is 23.0 Å². The molecule has 0 aromatic heterocycles. The molecule has 0 saturated carbocycles. The van der Waals surface area contributed by atoms with Gasteiger partial charge in [-0.25, -0.2) is 0 Å². The molecule has 0 bridgehead atoms. The third-order valence-corrected chi connectivity index (χ3v) is 6.47. The van der Waals surface area contributed by atoms with Gasteiger partial charge in [-0.05, 0) is 42.0 Å². The van der Waals surface area contributed by atoms with E-state index in [1.165, 1.54) is 30.0 Å². The first kappa shape index (κ1) is 24.2. The normalized spacial score (nSPS) is 14.9. The van der Waals surface area contributed by atoms with Gasteiger partial charge in [-0.2, -0.15) is 0 Å². The van der Waals surface area contributed by atoms with E-state index in [1.54, 1.807) is 0 Å². The summed E-state index contributed by atoms with van der Waals surface area (Å²) < 4.78 is 0. The Labute approximate surface area is 205 Å². The van der Waals surface area contributed by atoms with Crippen LogP contribution in [0.1, 0.15) is 22.0 Å². The van der Waals surface area contributed by atoms with E-state index in [0.29, 0.717) is 12.1 Å². The number of amides is 1. The van der Waals surface area contributed by atoms with Crippen LogP contribution in [0.5, 0.6) is 0 Å². The Bertz CT molecular complexity index is 1130. The quantitative estimate of drug-likeness (QED) is 0.394. The molecule has 1 fully saturated rings. The average molecular weight is 474 g/mol. The number of nitro groups is 1. The summed E-state index contributed by atoms with van der Waals surface area (Å²) in [7, 11) is 4.03. The maximum atomic E-state index is 12.8. The van der Waals surface area contributed by atoms with Gasteiger partial charge in [-0.3, -0.25) is 19.8 Å². The van der Waals surface area contributed by atoms with Gasteiger partial charge in [-0.1, -0.05) is 30.3 Å². The topological polar surface area (TPSA) is 82.0 Å². The SMILES string of the molecule is CN(C)c1ccc(C(CNC(=O)c2ccc([N+](=O)[O-])cc2)N2CCN(c3ccccc3)CC2)cc1. The molecule has 1 amide bonds. The number of hydrogen-bond donors (Lipinski definition) is 1. The number of anilines is 2. The number of nitrogens with one attached hydrogen (secondary N) is 1. The molecule has 1 atom stereocenters. The maximum absolute atomic E-state index is 12.8. The summed E-state index contributed by atoms with van der Waals surface area (Å²) in [5.74, 6) is -0.238. The lowest BCUT2D eigenvalue weighted by atomic mass is 10.0. The van der Waals surface area contributed by atoms with E-state index in [1.807, 2.05) is 20.2 Å². The van der Waals surface area contributed by atoms with Gasteiger partial charge in [-0.15, -0.1) is 0 Å². The summed E-state index contributed by atoms with van der Waals surface area (Å²) >= 11 is 0. The van der Waals surface area contributed by atoms with E-state index >= 15 is 0 Å². The first-order valence-corrected chi connectivity index (χ1v) is 11.8. The maximum Gasteiger partial charge on any atom is 0.269 e. The first-order valence-electron chi connectivity index (χ1n) is 11.8. The third-order valence-electron chi connectivity index (χ3n) is 6.47. The minimum atomic E-state index is -0.468. The molecule has 3 aromatic rings. The van der Waals surface area contributed by atoms with Crippen LogP contribution in [0.25, 0.3) is 0 Å². The highest BCUT2D eigenvalue weighted by Crippen LogP contribution is 2.26. The molecule has 1 heterocycles. The van der Waals surface area contributed by atoms with E-state index in [2.05, 4.69) is 68.5 Å². The lowest BCUT2D eigenvalue weighted by Gasteiger charge is -2.40. The summed E-state index contributed by atoms with van der Waals surface area (Å²) in [5.41, 5.74) is 3.87. The molecule has 1 saturated heterocycles. The number of nitrogens with zero attached hydrogens (tertiary/aromatic N) is 4. The largest absolute Gasteiger partial charge is 0.378 e. The molecule has 0 aliphatic carbocycles. The molecule has 1 N–H and O–H groups in total. The van der Waals surface area contributed by atoms with Crippen molar-refractivity contribution in [1.29, 1.82) is 0 Å². The number of carbonyl (C=O) groups is 1. The number of piperazine rings is 1. The standard InChI is InChI=1S/C27H31N5O3/c1-29(2)23-12-8-21(9-13-23)26(20-28-27(33)22-10-14-25(15-11-22)32(34)35)31-18-16-30(17-19-31)24-6-4-3-5-7-24/h3-15,26H,16-20H2,1-2H3,(H,28,33). The highest BCUT2D eigenvalue weighted by Gasteiger charge is 2.26. The molecule has 0 spiro atoms. The van der Waals surface area contributed by atoms with Crippen LogP contribution in [0.2, 0.25) is 0 Å². The van der Waals surface area contributed by atoms with Crippen molar-refractivity contribution in [3.63, 3.8) is 0 Å². The predicted octanol–water partition coefficient (Wildman–Crippen LogP) is 3.95. The van der Waals surface area contributed by atoms with Gasteiger partial charge in [0, 0.05) is 75.9 Å². The van der Waals surface area contributed by atoms with Crippen LogP contribution in [0.15, 0.2) is 78.9 Å². The lowest BCUT2D eigenvalue weighted by Crippen LogP contribution is -2.50. The van der Waals surface area contributed by atoms with Crippen molar-refractivity contribution < 1.29 is 9.72 Å². The van der Waals surface area contributed by atoms with Gasteiger partial charge < -0.3 is 15.1 Å². The van der Waals surface area contributed by atoms with E-state index in [-0.39, 0.29) is 17.6 Å². The van der Waals surface area contributed by atoms with Crippen LogP contribution in [0.3, 0.4) is 0 Å². The van der Waals surface area contributed by atoms with Crippen LogP contribution in [-0.2, 0) is 0 Å². The van der Waals surface area contributed by atoms with Crippen LogP contribution >= 0.6 is 0 Å². The molecular weight excluding hydrogens is 442 g/mol. The van der Waals surface area contributed by atoms with Crippen molar-refractivity contribution in [3.8, 4) is 0 Å². The summed E-state index contributed by atoms with van der Waals surface area (Å²) in [6, 6.07) is 24.6. The Kier molecular flexibility index (Phi) is 7.62. The van der Waals surface area contributed by atoms with Crippen molar-refractivity contribution in [2.24, 2.45) is 0 Å². The summed E-state index contributed by atoms with van der Waals surface area (Å²) in [6.07, 6.45) is 0. The fourth-order valence-corrected chi connectivity index (χ4v) is 4.41. The molecule has 1 aliphatic heterocycles. The number of rotatable bonds is 8. The second-order valence-corrected chi connectivity index (χ2v) is 8.87. The molecule has 4 rings (SSSR count). The number of nitro benzene ring substituents is 1. The second kappa shape index (κ2) is 11.0. The number of carbonyl (C=O) groups excluding carboxylic acids is 1. The fourth-order valence-electron chi connectivity index (χ4n) is 4.41. The minimum absolute atomic E-state index is 0.0196. The van der Waals surface area contributed by atoms with Gasteiger partial charge in [0.25, 0.3) is 11.6 Å². The van der Waals surface area contributed by atoms with E-state index in [9.17, 15) is 14.9 Å². The zero-order valence-corrected chi connectivity index (χ0v) is 20.1. The first-order chi connectivity index (χ1) is 16.9. The molecule has 35 heavy (non-hydrogen) atoms. The third kappa shape index (κ3) is 5.96. The molecule has 1 unspecified atom stereocenters. The molecule has 0 radical (unpaired) electrons. The van der Waals surface area contributed by atoms with Gasteiger partial charge in [0.15, 0.2) is 0 Å². The average Bonchev–Trinajstić information content (AvgIpc) is 2.90. The molecular formula is C27H31N5O3. The lowest BCUT2D eigenvalue weighted by molar-refractivity contribution is -0.384. The minimum Gasteiger partial charge on any atom is -0.378 e.